The summed E-state index contributed by atoms with van der Waals surface area (Å²) in [5.74, 6) is 0.559. The summed E-state index contributed by atoms with van der Waals surface area (Å²) in [5, 5.41) is 18.9. The first kappa shape index (κ1) is 21.6. The summed E-state index contributed by atoms with van der Waals surface area (Å²) in [5.41, 5.74) is 1.61. The Balaban J connectivity index is 1.92. The molecule has 1 atom stereocenters. The maximum Gasteiger partial charge on any atom is 0.319 e. The quantitative estimate of drug-likeness (QED) is 0.460. The highest BCUT2D eigenvalue weighted by molar-refractivity contribution is 6.06. The van der Waals surface area contributed by atoms with Gasteiger partial charge in [-0.1, -0.05) is 6.07 Å². The molecule has 0 fully saturated rings. The topological polar surface area (TPSA) is 132 Å². The number of ether oxygens (including phenoxy) is 2. The number of nitro groups is 1. The second kappa shape index (κ2) is 9.16. The lowest BCUT2D eigenvalue weighted by Gasteiger charge is -2.29. The van der Waals surface area contributed by atoms with Gasteiger partial charge in [-0.25, -0.2) is 4.79 Å². The molecule has 0 radical (unpaired) electrons. The van der Waals surface area contributed by atoms with Gasteiger partial charge in [-0.2, -0.15) is 0 Å². The number of allylic oxidation sites excluding steroid dienone is 1. The monoisotopic (exact) mass is 426 g/mol. The van der Waals surface area contributed by atoms with Crippen LogP contribution in [0.5, 0.6) is 11.5 Å². The molecule has 3 N–H and O–H groups in total. The minimum Gasteiger partial charge on any atom is -0.493 e. The molecule has 10 heteroatoms. The van der Waals surface area contributed by atoms with Crippen molar-refractivity contribution < 1.29 is 24.0 Å². The van der Waals surface area contributed by atoms with Crippen molar-refractivity contribution in [2.24, 2.45) is 0 Å². The van der Waals surface area contributed by atoms with E-state index in [2.05, 4.69) is 16.0 Å². The smallest absolute Gasteiger partial charge is 0.319 e. The number of urea groups is 1. The van der Waals surface area contributed by atoms with Gasteiger partial charge in [-0.15, -0.1) is 0 Å². The van der Waals surface area contributed by atoms with Crippen LogP contribution in [0.2, 0.25) is 0 Å². The van der Waals surface area contributed by atoms with E-state index in [4.69, 9.17) is 9.47 Å². The van der Waals surface area contributed by atoms with Crippen LogP contribution in [0.1, 0.15) is 25.5 Å². The third-order valence-corrected chi connectivity index (χ3v) is 4.67. The lowest BCUT2D eigenvalue weighted by atomic mass is 9.94. The summed E-state index contributed by atoms with van der Waals surface area (Å²) in [6.45, 7) is 3.94. The van der Waals surface area contributed by atoms with Gasteiger partial charge < -0.3 is 25.4 Å². The number of carbonyl (C=O) groups is 2. The summed E-state index contributed by atoms with van der Waals surface area (Å²) < 4.78 is 10.9. The molecule has 3 amide bonds. The molecule has 0 spiro atoms. The molecule has 0 aliphatic carbocycles. The second-order valence-electron chi connectivity index (χ2n) is 6.67. The first-order chi connectivity index (χ1) is 14.8. The Morgan fingerprint density at radius 1 is 1.19 bits per heavy atom. The van der Waals surface area contributed by atoms with Gasteiger partial charge in [0.25, 0.3) is 11.6 Å². The maximum absolute atomic E-state index is 13.1. The van der Waals surface area contributed by atoms with Gasteiger partial charge in [-0.3, -0.25) is 14.9 Å². The van der Waals surface area contributed by atoms with Crippen LogP contribution in [0.4, 0.5) is 16.2 Å². The largest absolute Gasteiger partial charge is 0.493 e. The normalized spacial score (nSPS) is 15.6. The Morgan fingerprint density at radius 2 is 1.90 bits per heavy atom. The number of carbonyl (C=O) groups excluding carboxylic acids is 2. The number of nitro benzene ring substituents is 1. The molecular weight excluding hydrogens is 404 g/mol. The van der Waals surface area contributed by atoms with Gasteiger partial charge in [0.1, 0.15) is 0 Å². The van der Waals surface area contributed by atoms with Crippen molar-refractivity contribution in [3.05, 3.63) is 69.4 Å². The lowest BCUT2D eigenvalue weighted by Crippen LogP contribution is -2.46. The Hall–Kier alpha value is -4.08. The molecule has 2 aromatic rings. The number of anilines is 1. The molecular formula is C21H22N4O6. The van der Waals surface area contributed by atoms with Crippen molar-refractivity contribution in [3.63, 3.8) is 0 Å². The van der Waals surface area contributed by atoms with Gasteiger partial charge >= 0.3 is 6.03 Å². The number of amides is 3. The Bertz CT molecular complexity index is 1050. The van der Waals surface area contributed by atoms with E-state index in [-0.39, 0.29) is 5.69 Å². The molecule has 1 heterocycles. The summed E-state index contributed by atoms with van der Waals surface area (Å²) >= 11 is 0. The van der Waals surface area contributed by atoms with Crippen LogP contribution in [-0.2, 0) is 4.79 Å². The maximum atomic E-state index is 13.1. The molecule has 31 heavy (non-hydrogen) atoms. The standard InChI is InChI=1S/C21H22N4O6/c1-4-31-16-10-5-13(11-17(16)30-3)19-18(12(2)22-21(27)24-19)20(26)23-14-6-8-15(9-7-14)25(28)29/h5-11,19H,4H2,1-3H3,(H,23,26)(H2,22,24,27)/t19-/m1/s1. The van der Waals surface area contributed by atoms with E-state index in [1.165, 1.54) is 31.4 Å². The fraction of sp³-hybridized carbons (Fsp3) is 0.238. The third kappa shape index (κ3) is 4.74. The predicted molar refractivity (Wildman–Crippen MR) is 113 cm³/mol. The van der Waals surface area contributed by atoms with E-state index in [1.807, 2.05) is 6.92 Å². The fourth-order valence-corrected chi connectivity index (χ4v) is 3.25. The number of hydrogen-bond acceptors (Lipinski definition) is 6. The van der Waals surface area contributed by atoms with E-state index in [1.54, 1.807) is 25.1 Å². The van der Waals surface area contributed by atoms with Crippen LogP contribution in [-0.4, -0.2) is 30.6 Å². The lowest BCUT2D eigenvalue weighted by molar-refractivity contribution is -0.384. The van der Waals surface area contributed by atoms with Crippen LogP contribution in [0.15, 0.2) is 53.7 Å². The highest BCUT2D eigenvalue weighted by Crippen LogP contribution is 2.34. The molecule has 0 saturated heterocycles. The molecule has 2 aromatic carbocycles. The van der Waals surface area contributed by atoms with Crippen molar-refractivity contribution in [3.8, 4) is 11.5 Å². The number of rotatable bonds is 7. The molecule has 0 saturated carbocycles. The first-order valence-corrected chi connectivity index (χ1v) is 9.48. The SMILES string of the molecule is CCOc1ccc([C@H]2NC(=O)NC(C)=C2C(=O)Nc2ccc([N+](=O)[O-])cc2)cc1OC. The van der Waals surface area contributed by atoms with E-state index in [0.717, 1.165) is 0 Å². The molecule has 3 rings (SSSR count). The zero-order valence-corrected chi connectivity index (χ0v) is 17.2. The van der Waals surface area contributed by atoms with Crippen LogP contribution in [0.3, 0.4) is 0 Å². The van der Waals surface area contributed by atoms with E-state index >= 15 is 0 Å². The molecule has 162 valence electrons. The number of non-ortho nitro benzene ring substituents is 1. The Labute approximate surface area is 178 Å². The predicted octanol–water partition coefficient (Wildman–Crippen LogP) is 3.27. The molecule has 10 nitrogen and oxygen atoms in total. The zero-order chi connectivity index (χ0) is 22.5. The van der Waals surface area contributed by atoms with E-state index < -0.39 is 22.9 Å². The van der Waals surface area contributed by atoms with Crippen LogP contribution >= 0.6 is 0 Å². The van der Waals surface area contributed by atoms with Crippen molar-refractivity contribution in [2.45, 2.75) is 19.9 Å². The summed E-state index contributed by atoms with van der Waals surface area (Å²) in [7, 11) is 1.51. The minimum atomic E-state index is -0.739. The van der Waals surface area contributed by atoms with Crippen LogP contribution in [0.25, 0.3) is 0 Å². The average molecular weight is 426 g/mol. The number of hydrogen-bond donors (Lipinski definition) is 3. The van der Waals surface area contributed by atoms with Crippen molar-refractivity contribution in [1.29, 1.82) is 0 Å². The zero-order valence-electron chi connectivity index (χ0n) is 17.2. The second-order valence-corrected chi connectivity index (χ2v) is 6.67. The van der Waals surface area contributed by atoms with Crippen molar-refractivity contribution >= 4 is 23.3 Å². The summed E-state index contributed by atoms with van der Waals surface area (Å²) in [4.78, 5) is 35.5. The van der Waals surface area contributed by atoms with E-state index in [0.29, 0.717) is 40.6 Å². The Kier molecular flexibility index (Phi) is 6.39. The first-order valence-electron chi connectivity index (χ1n) is 9.48. The highest BCUT2D eigenvalue weighted by Gasteiger charge is 2.32. The summed E-state index contributed by atoms with van der Waals surface area (Å²) in [6, 6.07) is 9.46. The third-order valence-electron chi connectivity index (χ3n) is 4.67. The molecule has 1 aliphatic rings. The average Bonchev–Trinajstić information content (AvgIpc) is 2.74. The molecule has 0 unspecified atom stereocenters. The number of nitrogens with one attached hydrogen (secondary N) is 3. The van der Waals surface area contributed by atoms with Crippen molar-refractivity contribution in [2.75, 3.05) is 19.0 Å². The van der Waals surface area contributed by atoms with Gasteiger partial charge in [0.05, 0.1) is 30.3 Å². The van der Waals surface area contributed by atoms with E-state index in [9.17, 15) is 19.7 Å². The van der Waals surface area contributed by atoms with Gasteiger partial charge in [-0.05, 0) is 43.7 Å². The van der Waals surface area contributed by atoms with Crippen LogP contribution < -0.4 is 25.4 Å². The number of methoxy groups -OCH3 is 1. The molecule has 0 aromatic heterocycles. The Morgan fingerprint density at radius 3 is 2.52 bits per heavy atom. The van der Waals surface area contributed by atoms with Crippen molar-refractivity contribution in [1.82, 2.24) is 10.6 Å². The summed E-state index contributed by atoms with van der Waals surface area (Å²) in [6.07, 6.45) is 0. The number of nitrogens with zero attached hydrogens (tertiary/aromatic N) is 1. The minimum absolute atomic E-state index is 0.0839. The molecule has 1 aliphatic heterocycles. The van der Waals surface area contributed by atoms with Gasteiger partial charge in [0, 0.05) is 23.5 Å². The van der Waals surface area contributed by atoms with Crippen LogP contribution in [0, 0.1) is 10.1 Å². The fourth-order valence-electron chi connectivity index (χ4n) is 3.25. The number of benzene rings is 2. The highest BCUT2D eigenvalue weighted by atomic mass is 16.6. The molecule has 0 bridgehead atoms. The van der Waals surface area contributed by atoms with Gasteiger partial charge in [0.15, 0.2) is 11.5 Å². The van der Waals surface area contributed by atoms with Gasteiger partial charge in [0.2, 0.25) is 0 Å².